The van der Waals surface area contributed by atoms with E-state index in [2.05, 4.69) is 36.5 Å². The van der Waals surface area contributed by atoms with Crippen molar-refractivity contribution >= 4 is 47.0 Å². The number of carbonyl (C=O) groups excluding carboxylic acids is 3. The number of fused-ring (bicyclic) bond motifs is 4. The highest BCUT2D eigenvalue weighted by molar-refractivity contribution is 6.30. The molecule has 5 rings (SSSR count). The number of anilines is 2. The summed E-state index contributed by atoms with van der Waals surface area (Å²) in [7, 11) is 1.28. The molecule has 0 fully saturated rings. The third kappa shape index (κ3) is 7.84. The van der Waals surface area contributed by atoms with Crippen LogP contribution in [0.1, 0.15) is 50.0 Å². The number of nitrogens with one attached hydrogen (secondary N) is 4. The molecule has 45 heavy (non-hydrogen) atoms. The molecule has 3 heterocycles. The first-order chi connectivity index (χ1) is 21.8. The van der Waals surface area contributed by atoms with Crippen molar-refractivity contribution in [2.45, 2.75) is 44.7 Å². The monoisotopic (exact) mass is 633 g/mol. The van der Waals surface area contributed by atoms with E-state index in [-0.39, 0.29) is 18.5 Å². The Balaban J connectivity index is 1.41. The normalized spacial score (nSPS) is 16.4. The molecule has 2 bridgehead atoms. The van der Waals surface area contributed by atoms with E-state index >= 15 is 0 Å². The van der Waals surface area contributed by atoms with Crippen LogP contribution in [-0.4, -0.2) is 67.9 Å². The van der Waals surface area contributed by atoms with Crippen LogP contribution < -0.4 is 16.0 Å². The molecule has 234 valence electrons. The maximum atomic E-state index is 13.2. The van der Waals surface area contributed by atoms with Crippen LogP contribution in [0.3, 0.4) is 0 Å². The maximum Gasteiger partial charge on any atom is 0.411 e. The summed E-state index contributed by atoms with van der Waals surface area (Å²) < 4.78 is 11.5. The molecule has 0 saturated heterocycles. The summed E-state index contributed by atoms with van der Waals surface area (Å²) in [5.41, 5.74) is 3.62. The lowest BCUT2D eigenvalue weighted by atomic mass is 10.0. The van der Waals surface area contributed by atoms with Gasteiger partial charge in [-0.2, -0.15) is 4.68 Å². The van der Waals surface area contributed by atoms with Crippen molar-refractivity contribution in [3.8, 4) is 16.9 Å². The molecular formula is C30H32ClN9O5. The van der Waals surface area contributed by atoms with Gasteiger partial charge in [0.2, 0.25) is 5.91 Å². The number of benzene rings is 2. The first-order valence-corrected chi connectivity index (χ1v) is 14.7. The summed E-state index contributed by atoms with van der Waals surface area (Å²) in [6.07, 6.45) is 8.05. The first kappa shape index (κ1) is 31.2. The smallest absolute Gasteiger partial charge is 0.411 e. The quantitative estimate of drug-likeness (QED) is 0.165. The van der Waals surface area contributed by atoms with E-state index in [4.69, 9.17) is 26.1 Å². The number of H-pyrrole nitrogens is 1. The predicted molar refractivity (Wildman–Crippen MR) is 167 cm³/mol. The highest BCUT2D eigenvalue weighted by Gasteiger charge is 2.25. The Morgan fingerprint density at radius 2 is 2.00 bits per heavy atom. The zero-order chi connectivity index (χ0) is 31.8. The van der Waals surface area contributed by atoms with Crippen molar-refractivity contribution < 1.29 is 23.9 Å². The molecule has 4 aromatic rings. The fraction of sp³-hybridized carbons (Fsp3) is 0.300. The van der Waals surface area contributed by atoms with Crippen LogP contribution in [0, 0.1) is 0 Å². The minimum absolute atomic E-state index is 0.241. The van der Waals surface area contributed by atoms with Crippen LogP contribution in [0.4, 0.5) is 16.2 Å². The van der Waals surface area contributed by atoms with Gasteiger partial charge in [0.1, 0.15) is 18.2 Å². The average Bonchev–Trinajstić information content (AvgIpc) is 3.74. The molecule has 0 radical (unpaired) electrons. The number of hydrogen-bond donors (Lipinski definition) is 4. The average molecular weight is 634 g/mol. The molecule has 1 aliphatic rings. The molecule has 0 aliphatic carbocycles. The number of aromatic nitrogens is 6. The van der Waals surface area contributed by atoms with Gasteiger partial charge in [-0.15, -0.1) is 5.10 Å². The fourth-order valence-corrected chi connectivity index (χ4v) is 5.15. The van der Waals surface area contributed by atoms with Crippen molar-refractivity contribution in [1.29, 1.82) is 0 Å². The van der Waals surface area contributed by atoms with Crippen LogP contribution in [-0.2, 0) is 19.1 Å². The van der Waals surface area contributed by atoms with Gasteiger partial charge >= 0.3 is 12.1 Å². The van der Waals surface area contributed by atoms with E-state index in [1.54, 1.807) is 55.6 Å². The number of halogens is 1. The van der Waals surface area contributed by atoms with Gasteiger partial charge in [-0.25, -0.2) is 14.6 Å². The Labute approximate surface area is 263 Å². The molecule has 0 unspecified atom stereocenters. The SMILES string of the molecule is CCOC(=O)[C@@H]1CCCC[C@H](NC(=O)C=Cc2cc(Cl)ccc2-n2cnnn2)c2nc(c[nH]2)-c2ccc(NC(=O)OC)cc2N1. The van der Waals surface area contributed by atoms with Crippen molar-refractivity contribution in [3.63, 3.8) is 0 Å². The number of methoxy groups -OCH3 is 1. The predicted octanol–water partition coefficient (Wildman–Crippen LogP) is 4.67. The number of nitrogens with zero attached hydrogens (tertiary/aromatic N) is 5. The number of carbonyl (C=O) groups is 3. The minimum atomic E-state index is -0.641. The molecule has 4 N–H and O–H groups in total. The van der Waals surface area contributed by atoms with E-state index < -0.39 is 18.2 Å². The minimum Gasteiger partial charge on any atom is -0.464 e. The van der Waals surface area contributed by atoms with E-state index in [0.717, 1.165) is 0 Å². The molecule has 2 aromatic carbocycles. The van der Waals surface area contributed by atoms with Crippen LogP contribution in [0.15, 0.2) is 55.0 Å². The Morgan fingerprint density at radius 1 is 1.16 bits per heavy atom. The number of hydrogen-bond acceptors (Lipinski definition) is 10. The standard InChI is InChI=1S/C30H32ClN9O5/c1-3-45-29(42)23-7-5-4-6-22(36-27(41)13-8-18-14-19(31)9-12-26(18)40-17-33-38-39-40)28-32-16-25(37-28)21-11-10-20(15-24(21)35-23)34-30(43)44-2/h8-17,22-23,35H,3-7H2,1-2H3,(H,32,37)(H,34,43)(H,36,41)/t22-,23-/m0/s1. The topological polar surface area (TPSA) is 178 Å². The van der Waals surface area contributed by atoms with E-state index in [9.17, 15) is 14.4 Å². The summed E-state index contributed by atoms with van der Waals surface area (Å²) in [6, 6.07) is 9.32. The number of rotatable bonds is 7. The first-order valence-electron chi connectivity index (χ1n) is 14.3. The van der Waals surface area contributed by atoms with E-state index in [1.165, 1.54) is 24.2 Å². The van der Waals surface area contributed by atoms with Gasteiger partial charge in [0.15, 0.2) is 0 Å². The van der Waals surface area contributed by atoms with Gasteiger partial charge in [0.05, 0.1) is 31.1 Å². The lowest BCUT2D eigenvalue weighted by Gasteiger charge is -2.22. The van der Waals surface area contributed by atoms with Gasteiger partial charge in [-0.05, 0) is 72.7 Å². The van der Waals surface area contributed by atoms with Crippen molar-refractivity contribution in [1.82, 2.24) is 35.5 Å². The number of imidazole rings is 1. The summed E-state index contributed by atoms with van der Waals surface area (Å²) in [4.78, 5) is 45.9. The zero-order valence-corrected chi connectivity index (χ0v) is 25.4. The molecule has 2 atom stereocenters. The second kappa shape index (κ2) is 14.5. The Hall–Kier alpha value is -5.24. The number of tetrazole rings is 1. The highest BCUT2D eigenvalue weighted by Crippen LogP contribution is 2.33. The number of esters is 1. The van der Waals surface area contributed by atoms with Crippen LogP contribution in [0.5, 0.6) is 0 Å². The molecule has 0 saturated carbocycles. The Bertz CT molecular complexity index is 1690. The molecule has 2 amide bonds. The van der Waals surface area contributed by atoms with Gasteiger partial charge < -0.3 is 25.1 Å². The van der Waals surface area contributed by atoms with Crippen LogP contribution in [0.25, 0.3) is 23.0 Å². The van der Waals surface area contributed by atoms with Crippen molar-refractivity contribution in [2.24, 2.45) is 0 Å². The molecule has 14 nitrogen and oxygen atoms in total. The van der Waals surface area contributed by atoms with Crippen LogP contribution >= 0.6 is 11.6 Å². The lowest BCUT2D eigenvalue weighted by Crippen LogP contribution is -2.32. The van der Waals surface area contributed by atoms with Gasteiger partial charge in [-0.3, -0.25) is 10.1 Å². The number of aromatic amines is 1. The fourth-order valence-electron chi connectivity index (χ4n) is 4.96. The summed E-state index contributed by atoms with van der Waals surface area (Å²) in [5, 5.41) is 20.8. The van der Waals surface area contributed by atoms with Gasteiger partial charge in [0, 0.05) is 39.8 Å². The van der Waals surface area contributed by atoms with Gasteiger partial charge in [0.25, 0.3) is 0 Å². The number of amides is 2. The third-order valence-corrected chi connectivity index (χ3v) is 7.34. The summed E-state index contributed by atoms with van der Waals surface area (Å²) in [5.74, 6) is -0.140. The molecular weight excluding hydrogens is 602 g/mol. The van der Waals surface area contributed by atoms with Crippen molar-refractivity contribution in [2.75, 3.05) is 24.4 Å². The molecule has 15 heteroatoms. The molecule has 0 spiro atoms. The van der Waals surface area contributed by atoms with E-state index in [1.807, 2.05) is 0 Å². The zero-order valence-electron chi connectivity index (χ0n) is 24.6. The highest BCUT2D eigenvalue weighted by atomic mass is 35.5. The largest absolute Gasteiger partial charge is 0.464 e. The second-order valence-electron chi connectivity index (χ2n) is 10.1. The third-order valence-electron chi connectivity index (χ3n) is 7.11. The Morgan fingerprint density at radius 3 is 2.78 bits per heavy atom. The van der Waals surface area contributed by atoms with Crippen LogP contribution in [0.2, 0.25) is 5.02 Å². The maximum absolute atomic E-state index is 13.2. The number of ether oxygens (including phenoxy) is 2. The summed E-state index contributed by atoms with van der Waals surface area (Å²) >= 11 is 6.22. The summed E-state index contributed by atoms with van der Waals surface area (Å²) in [6.45, 7) is 2.00. The van der Waals surface area contributed by atoms with E-state index in [0.29, 0.717) is 70.4 Å². The lowest BCUT2D eigenvalue weighted by molar-refractivity contribution is -0.144. The van der Waals surface area contributed by atoms with Gasteiger partial charge in [-0.1, -0.05) is 24.4 Å². The Kier molecular flexibility index (Phi) is 10.0. The van der Waals surface area contributed by atoms with Crippen molar-refractivity contribution in [3.05, 3.63) is 71.4 Å². The molecule has 2 aromatic heterocycles. The molecule has 1 aliphatic heterocycles. The second-order valence-corrected chi connectivity index (χ2v) is 10.6.